The van der Waals surface area contributed by atoms with Gasteiger partial charge in [-0.15, -0.1) is 40.0 Å². The van der Waals surface area contributed by atoms with Gasteiger partial charge in [-0.05, 0) is 38.3 Å². The molecule has 4 aromatic rings. The molecule has 0 radical (unpaired) electrons. The highest BCUT2D eigenvalue weighted by molar-refractivity contribution is 8.18. The van der Waals surface area contributed by atoms with Gasteiger partial charge >= 0.3 is 12.1 Å². The van der Waals surface area contributed by atoms with Crippen LogP contribution in [0.25, 0.3) is 5.57 Å². The van der Waals surface area contributed by atoms with Crippen LogP contribution in [-0.4, -0.2) is 70.6 Å². The number of esters is 1. The van der Waals surface area contributed by atoms with Gasteiger partial charge in [0.25, 0.3) is 5.91 Å². The molecule has 1 unspecified atom stereocenters. The third-order valence-electron chi connectivity index (χ3n) is 7.65. The number of aromatic amines is 1. The molecule has 4 heterocycles. The first-order valence-electron chi connectivity index (χ1n) is 16.6. The lowest BCUT2D eigenvalue weighted by atomic mass is 10.0. The Labute approximate surface area is 323 Å². The standard InChI is InChI=1S/C36H37N7O6S4/c1-5-12-23(24-19-50-34(38-24)40-35(47)49-36(2,3)4)31(45)39-32-30(52-20-51-25-18-37-42-41-25)28(43-26(44)17-27(43)53-32)33(46)48-29(21-13-8-6-9-14-21)22-15-10-7-11-16-22/h6-16,18-19,27,29,32H,5,17,20H2,1-4H3,(H,39,45)(H,37,41,42)(H,38,40,47)/b23-12-/t27-,32?/m1/s1. The number of ether oxygens (including phenoxy) is 2. The summed E-state index contributed by atoms with van der Waals surface area (Å²) in [5.41, 5.74) is 1.60. The van der Waals surface area contributed by atoms with Gasteiger partial charge in [-0.1, -0.05) is 90.6 Å². The number of thiazole rings is 1. The van der Waals surface area contributed by atoms with Gasteiger partial charge in [-0.2, -0.15) is 0 Å². The normalized spacial score (nSPS) is 17.3. The van der Waals surface area contributed by atoms with Crippen LogP contribution in [-0.2, 0) is 23.9 Å². The predicted octanol–water partition coefficient (Wildman–Crippen LogP) is 7.18. The largest absolute Gasteiger partial charge is 0.448 e. The molecule has 6 rings (SSSR count). The summed E-state index contributed by atoms with van der Waals surface area (Å²) >= 11 is 5.24. The second-order valence-electron chi connectivity index (χ2n) is 12.6. The van der Waals surface area contributed by atoms with E-state index in [1.54, 1.807) is 38.4 Å². The Balaban J connectivity index is 1.31. The van der Waals surface area contributed by atoms with Crippen molar-refractivity contribution >= 4 is 81.2 Å². The Morgan fingerprint density at radius 2 is 1.77 bits per heavy atom. The number of fused-ring (bicyclic) bond motifs is 1. The van der Waals surface area contributed by atoms with Crippen LogP contribution in [0.3, 0.4) is 0 Å². The van der Waals surface area contributed by atoms with Crippen molar-refractivity contribution in [1.29, 1.82) is 0 Å². The molecule has 0 spiro atoms. The highest BCUT2D eigenvalue weighted by atomic mass is 32.2. The zero-order valence-corrected chi connectivity index (χ0v) is 32.5. The smallest absolute Gasteiger partial charge is 0.413 e. The minimum absolute atomic E-state index is 0.0939. The minimum atomic E-state index is -0.752. The molecule has 0 saturated carbocycles. The molecule has 0 aliphatic carbocycles. The maximum absolute atomic E-state index is 14.5. The number of nitrogens with zero attached hydrogens (tertiary/aromatic N) is 4. The summed E-state index contributed by atoms with van der Waals surface area (Å²) in [6, 6.07) is 18.8. The zero-order chi connectivity index (χ0) is 37.5. The average Bonchev–Trinajstić information content (AvgIpc) is 3.82. The number of thioether (sulfide) groups is 3. The molecule has 3 amide bonds. The molecule has 276 valence electrons. The number of carbonyl (C=O) groups is 4. The molecule has 1 fully saturated rings. The predicted molar refractivity (Wildman–Crippen MR) is 208 cm³/mol. The molecular formula is C36H37N7O6S4. The number of rotatable bonds is 13. The maximum atomic E-state index is 14.5. The second kappa shape index (κ2) is 17.0. The Kier molecular flexibility index (Phi) is 12.3. The molecule has 1 saturated heterocycles. The van der Waals surface area contributed by atoms with E-state index in [2.05, 4.69) is 31.0 Å². The van der Waals surface area contributed by atoms with Crippen molar-refractivity contribution in [3.8, 4) is 0 Å². The van der Waals surface area contributed by atoms with E-state index in [1.165, 1.54) is 40.2 Å². The summed E-state index contributed by atoms with van der Waals surface area (Å²) < 4.78 is 11.6. The average molecular weight is 792 g/mol. The lowest BCUT2D eigenvalue weighted by Gasteiger charge is -2.47. The van der Waals surface area contributed by atoms with E-state index in [0.717, 1.165) is 22.5 Å². The third-order valence-corrected chi connectivity index (χ3v) is 12.1. The van der Waals surface area contributed by atoms with Crippen LogP contribution < -0.4 is 10.6 Å². The van der Waals surface area contributed by atoms with Gasteiger partial charge in [0.15, 0.2) is 11.2 Å². The third kappa shape index (κ3) is 9.51. The molecule has 13 nitrogen and oxygen atoms in total. The first kappa shape index (κ1) is 38.2. The Hall–Kier alpha value is -4.58. The maximum Gasteiger partial charge on any atom is 0.413 e. The van der Waals surface area contributed by atoms with Crippen molar-refractivity contribution in [1.82, 2.24) is 30.6 Å². The van der Waals surface area contributed by atoms with Crippen LogP contribution in [0.15, 0.2) is 93.9 Å². The second-order valence-corrected chi connectivity index (χ2v) is 17.2. The topological polar surface area (TPSA) is 168 Å². The van der Waals surface area contributed by atoms with Crippen LogP contribution >= 0.6 is 46.6 Å². The number of hydrogen-bond donors (Lipinski definition) is 3. The van der Waals surface area contributed by atoms with E-state index in [9.17, 15) is 19.2 Å². The summed E-state index contributed by atoms with van der Waals surface area (Å²) in [5.74, 6) is -1.33. The van der Waals surface area contributed by atoms with Crippen LogP contribution in [0.4, 0.5) is 9.93 Å². The van der Waals surface area contributed by atoms with Crippen molar-refractivity contribution in [3.63, 3.8) is 0 Å². The zero-order valence-electron chi connectivity index (χ0n) is 29.2. The van der Waals surface area contributed by atoms with E-state index in [-0.39, 0.29) is 23.2 Å². The SMILES string of the molecule is CC/C=C(\C(=O)NC1S[C@@H]2CC(=O)N2C(C(=O)OC(c2ccccc2)c2ccccc2)=C1SCSc1c[nH]nn1)c1csc(NC(=O)OC(C)(C)C)n1. The number of aromatic nitrogens is 4. The molecule has 17 heteroatoms. The number of hydrogen-bond acceptors (Lipinski definition) is 13. The van der Waals surface area contributed by atoms with E-state index in [1.807, 2.05) is 67.6 Å². The Morgan fingerprint density at radius 3 is 2.38 bits per heavy atom. The number of H-pyrrole nitrogens is 1. The number of nitrogens with one attached hydrogen (secondary N) is 3. The van der Waals surface area contributed by atoms with E-state index in [4.69, 9.17) is 9.47 Å². The fourth-order valence-electron chi connectivity index (χ4n) is 5.39. The number of allylic oxidation sites excluding steroid dienone is 1. The quantitative estimate of drug-likeness (QED) is 0.0411. The molecule has 3 N–H and O–H groups in total. The van der Waals surface area contributed by atoms with Gasteiger partial charge in [0, 0.05) is 10.3 Å². The summed E-state index contributed by atoms with van der Waals surface area (Å²) in [6.45, 7) is 7.19. The molecule has 2 aromatic heterocycles. The first-order chi connectivity index (χ1) is 25.5. The molecular weight excluding hydrogens is 755 g/mol. The van der Waals surface area contributed by atoms with Crippen LogP contribution in [0.1, 0.15) is 63.5 Å². The summed E-state index contributed by atoms with van der Waals surface area (Å²) in [7, 11) is 0. The van der Waals surface area contributed by atoms with Crippen molar-refractivity contribution in [2.45, 2.75) is 68.0 Å². The molecule has 2 aliphatic rings. The van der Waals surface area contributed by atoms with Gasteiger partial charge in [0.05, 0.1) is 34.3 Å². The van der Waals surface area contributed by atoms with Crippen molar-refractivity contribution < 1.29 is 28.7 Å². The highest BCUT2D eigenvalue weighted by Gasteiger charge is 2.50. The van der Waals surface area contributed by atoms with E-state index >= 15 is 0 Å². The minimum Gasteiger partial charge on any atom is -0.448 e. The number of amides is 3. The van der Waals surface area contributed by atoms with Crippen LogP contribution in [0.2, 0.25) is 0 Å². The van der Waals surface area contributed by atoms with Crippen molar-refractivity contribution in [2.24, 2.45) is 0 Å². The van der Waals surface area contributed by atoms with E-state index < -0.39 is 40.4 Å². The van der Waals surface area contributed by atoms with Gasteiger partial charge in [0.2, 0.25) is 5.91 Å². The van der Waals surface area contributed by atoms with Crippen LogP contribution in [0.5, 0.6) is 0 Å². The Bertz CT molecular complexity index is 1960. The molecule has 53 heavy (non-hydrogen) atoms. The van der Waals surface area contributed by atoms with Gasteiger partial charge in [-0.25, -0.2) is 14.6 Å². The number of carbonyl (C=O) groups excluding carboxylic acids is 4. The van der Waals surface area contributed by atoms with Gasteiger partial charge in [0.1, 0.15) is 21.7 Å². The number of benzene rings is 2. The fraction of sp³-hybridized carbons (Fsp3) is 0.306. The number of β-lactam (4-membered cyclic amide) rings is 1. The first-order valence-corrected chi connectivity index (χ1v) is 20.4. The lowest BCUT2D eigenvalue weighted by Crippen LogP contribution is -2.57. The molecule has 2 aromatic carbocycles. The number of anilines is 1. The molecule has 0 bridgehead atoms. The summed E-state index contributed by atoms with van der Waals surface area (Å²) in [4.78, 5) is 60.6. The Morgan fingerprint density at radius 1 is 1.08 bits per heavy atom. The fourth-order valence-corrected chi connectivity index (χ4v) is 9.76. The van der Waals surface area contributed by atoms with Crippen molar-refractivity contribution in [3.05, 3.63) is 106 Å². The summed E-state index contributed by atoms with van der Waals surface area (Å²) in [6.07, 6.45) is 2.73. The van der Waals surface area contributed by atoms with Gasteiger partial charge in [-0.3, -0.25) is 24.9 Å². The van der Waals surface area contributed by atoms with Gasteiger partial charge < -0.3 is 14.8 Å². The lowest BCUT2D eigenvalue weighted by molar-refractivity contribution is -0.151. The van der Waals surface area contributed by atoms with E-state index in [0.29, 0.717) is 32.7 Å². The summed E-state index contributed by atoms with van der Waals surface area (Å²) in [5, 5.41) is 18.1. The van der Waals surface area contributed by atoms with Crippen molar-refractivity contribution in [2.75, 3.05) is 10.4 Å². The molecule has 2 aliphatic heterocycles. The highest BCUT2D eigenvalue weighted by Crippen LogP contribution is 2.48. The monoisotopic (exact) mass is 791 g/mol. The molecule has 2 atom stereocenters. The van der Waals surface area contributed by atoms with Crippen LogP contribution in [0, 0.1) is 0 Å².